The number of carbonyl (C=O) groups excluding carboxylic acids is 1. The van der Waals surface area contributed by atoms with Gasteiger partial charge in [-0.05, 0) is 49.2 Å². The Balaban J connectivity index is 2.04. The molecule has 2 aromatic carbocycles. The first-order chi connectivity index (χ1) is 13.4. The lowest BCUT2D eigenvalue weighted by molar-refractivity contribution is -0.113. The van der Waals surface area contributed by atoms with Crippen LogP contribution in [-0.2, 0) is 4.79 Å². The van der Waals surface area contributed by atoms with Gasteiger partial charge in [0.05, 0.1) is 31.9 Å². The summed E-state index contributed by atoms with van der Waals surface area (Å²) in [5, 5.41) is 0. The molecular weight excluding hydrogens is 394 g/mol. The Morgan fingerprint density at radius 1 is 1.00 bits per heavy atom. The Morgan fingerprint density at radius 2 is 1.71 bits per heavy atom. The number of methoxy groups -OCH3 is 3. The van der Waals surface area contributed by atoms with Gasteiger partial charge in [0.2, 0.25) is 5.75 Å². The van der Waals surface area contributed by atoms with Gasteiger partial charge < -0.3 is 14.2 Å². The average Bonchev–Trinajstić information content (AvgIpc) is 2.96. The second-order valence-electron chi connectivity index (χ2n) is 6.23. The van der Waals surface area contributed by atoms with Crippen molar-refractivity contribution in [3.63, 3.8) is 0 Å². The second kappa shape index (κ2) is 8.24. The van der Waals surface area contributed by atoms with E-state index in [-0.39, 0.29) is 5.91 Å². The summed E-state index contributed by atoms with van der Waals surface area (Å²) in [5.41, 5.74) is 3.58. The van der Waals surface area contributed by atoms with Gasteiger partial charge in [-0.25, -0.2) is 0 Å². The zero-order valence-electron chi connectivity index (χ0n) is 16.4. The number of thioether (sulfide) groups is 1. The minimum atomic E-state index is -0.152. The first-order valence-corrected chi connectivity index (χ1v) is 9.78. The first-order valence-electron chi connectivity index (χ1n) is 8.55. The van der Waals surface area contributed by atoms with Gasteiger partial charge in [-0.1, -0.05) is 36.1 Å². The Kier molecular flexibility index (Phi) is 5.96. The summed E-state index contributed by atoms with van der Waals surface area (Å²) >= 11 is 6.77. The van der Waals surface area contributed by atoms with Crippen LogP contribution < -0.4 is 19.1 Å². The van der Waals surface area contributed by atoms with Crippen LogP contribution in [0.15, 0.2) is 35.2 Å². The van der Waals surface area contributed by atoms with Crippen molar-refractivity contribution in [1.29, 1.82) is 0 Å². The minimum Gasteiger partial charge on any atom is -0.493 e. The normalized spacial score (nSPS) is 15.3. The van der Waals surface area contributed by atoms with Crippen LogP contribution in [0.2, 0.25) is 0 Å². The van der Waals surface area contributed by atoms with Crippen molar-refractivity contribution in [1.82, 2.24) is 0 Å². The van der Waals surface area contributed by atoms with Gasteiger partial charge in [0.25, 0.3) is 5.91 Å². The highest BCUT2D eigenvalue weighted by Gasteiger charge is 2.34. The summed E-state index contributed by atoms with van der Waals surface area (Å²) in [6, 6.07) is 9.58. The molecule has 7 heteroatoms. The van der Waals surface area contributed by atoms with Crippen molar-refractivity contribution in [2.24, 2.45) is 0 Å². The summed E-state index contributed by atoms with van der Waals surface area (Å²) in [4.78, 5) is 15.2. The number of rotatable bonds is 5. The maximum Gasteiger partial charge on any atom is 0.270 e. The molecule has 0 aliphatic carbocycles. The number of carbonyl (C=O) groups is 1. The van der Waals surface area contributed by atoms with E-state index in [1.165, 1.54) is 11.8 Å². The molecule has 1 aliphatic heterocycles. The van der Waals surface area contributed by atoms with Crippen LogP contribution in [0.1, 0.15) is 16.7 Å². The Labute approximate surface area is 174 Å². The maximum atomic E-state index is 13.1. The van der Waals surface area contributed by atoms with Crippen molar-refractivity contribution >= 4 is 46.0 Å². The summed E-state index contributed by atoms with van der Waals surface area (Å²) in [6.45, 7) is 3.96. The van der Waals surface area contributed by atoms with E-state index in [1.807, 2.05) is 38.1 Å². The molecule has 0 atom stereocenters. The molecule has 5 nitrogen and oxygen atoms in total. The van der Waals surface area contributed by atoms with Crippen LogP contribution >= 0.6 is 24.0 Å². The molecule has 0 radical (unpaired) electrons. The molecule has 1 fully saturated rings. The monoisotopic (exact) mass is 415 g/mol. The van der Waals surface area contributed by atoms with Crippen molar-refractivity contribution in [3.8, 4) is 17.2 Å². The highest BCUT2D eigenvalue weighted by atomic mass is 32.2. The molecule has 146 valence electrons. The lowest BCUT2D eigenvalue weighted by Gasteiger charge is -2.18. The third-order valence-electron chi connectivity index (χ3n) is 4.42. The number of ether oxygens (including phenoxy) is 3. The number of amides is 1. The fourth-order valence-corrected chi connectivity index (χ4v) is 4.29. The molecule has 0 saturated carbocycles. The number of thiocarbonyl (C=S) groups is 1. The minimum absolute atomic E-state index is 0.152. The number of anilines is 1. The molecule has 0 bridgehead atoms. The van der Waals surface area contributed by atoms with Gasteiger partial charge in [0, 0.05) is 5.56 Å². The van der Waals surface area contributed by atoms with Crippen LogP contribution in [-0.4, -0.2) is 31.6 Å². The predicted octanol–water partition coefficient (Wildman–Crippen LogP) is 4.74. The summed E-state index contributed by atoms with van der Waals surface area (Å²) in [6.07, 6.45) is 1.77. The molecule has 1 aliphatic rings. The van der Waals surface area contributed by atoms with Crippen molar-refractivity contribution in [2.45, 2.75) is 13.8 Å². The van der Waals surface area contributed by atoms with E-state index in [2.05, 4.69) is 0 Å². The van der Waals surface area contributed by atoms with E-state index in [9.17, 15) is 4.79 Å². The van der Waals surface area contributed by atoms with Gasteiger partial charge in [0.1, 0.15) is 0 Å². The standard InChI is InChI=1S/C21H21NO4S2/c1-12-6-7-13(2)15(10-12)22-20(23)17(28-21(22)27)11-14-8-9-16(24-3)19(26-5)18(14)25-4/h6-11H,1-5H3/b17-11-. The molecule has 0 spiro atoms. The van der Waals surface area contributed by atoms with Gasteiger partial charge in [-0.15, -0.1) is 0 Å². The highest BCUT2D eigenvalue weighted by Crippen LogP contribution is 2.43. The van der Waals surface area contributed by atoms with Crippen molar-refractivity contribution in [3.05, 3.63) is 51.9 Å². The van der Waals surface area contributed by atoms with Crippen molar-refractivity contribution < 1.29 is 19.0 Å². The topological polar surface area (TPSA) is 48.0 Å². The van der Waals surface area contributed by atoms with Crippen LogP contribution in [0.3, 0.4) is 0 Å². The molecular formula is C21H21NO4S2. The summed E-state index contributed by atoms with van der Waals surface area (Å²) < 4.78 is 16.8. The molecule has 28 heavy (non-hydrogen) atoms. The lowest BCUT2D eigenvalue weighted by Crippen LogP contribution is -2.28. The summed E-state index contributed by atoms with van der Waals surface area (Å²) in [5.74, 6) is 1.38. The molecule has 3 rings (SSSR count). The van der Waals surface area contributed by atoms with E-state index in [0.717, 1.165) is 16.8 Å². The zero-order chi connectivity index (χ0) is 20.4. The third-order valence-corrected chi connectivity index (χ3v) is 5.72. The summed E-state index contributed by atoms with van der Waals surface area (Å²) in [7, 11) is 4.66. The lowest BCUT2D eigenvalue weighted by atomic mass is 10.1. The first kappa shape index (κ1) is 20.2. The number of benzene rings is 2. The maximum absolute atomic E-state index is 13.1. The average molecular weight is 416 g/mol. The largest absolute Gasteiger partial charge is 0.493 e. The van der Waals surface area contributed by atoms with Gasteiger partial charge in [-0.2, -0.15) is 0 Å². The fourth-order valence-electron chi connectivity index (χ4n) is 3.02. The molecule has 2 aromatic rings. The molecule has 1 heterocycles. The Morgan fingerprint density at radius 3 is 2.36 bits per heavy atom. The van der Waals surface area contributed by atoms with E-state index in [4.69, 9.17) is 26.4 Å². The number of hydrogen-bond donors (Lipinski definition) is 0. The quantitative estimate of drug-likeness (QED) is 0.520. The number of aryl methyl sites for hydroxylation is 2. The molecule has 1 saturated heterocycles. The zero-order valence-corrected chi connectivity index (χ0v) is 18.0. The smallest absolute Gasteiger partial charge is 0.270 e. The highest BCUT2D eigenvalue weighted by molar-refractivity contribution is 8.27. The van der Waals surface area contributed by atoms with E-state index in [0.29, 0.717) is 32.0 Å². The third kappa shape index (κ3) is 3.59. The van der Waals surface area contributed by atoms with Crippen LogP contribution in [0.25, 0.3) is 6.08 Å². The van der Waals surface area contributed by atoms with E-state index < -0.39 is 0 Å². The number of nitrogens with zero attached hydrogens (tertiary/aromatic N) is 1. The van der Waals surface area contributed by atoms with E-state index in [1.54, 1.807) is 38.4 Å². The SMILES string of the molecule is COc1ccc(/C=C2\SC(=S)N(c3cc(C)ccc3C)C2=O)c(OC)c1OC. The molecule has 0 unspecified atom stereocenters. The van der Waals surface area contributed by atoms with Crippen LogP contribution in [0, 0.1) is 13.8 Å². The number of hydrogen-bond acceptors (Lipinski definition) is 6. The predicted molar refractivity (Wildman–Crippen MR) is 118 cm³/mol. The second-order valence-corrected chi connectivity index (χ2v) is 7.91. The Bertz CT molecular complexity index is 985. The van der Waals surface area contributed by atoms with E-state index >= 15 is 0 Å². The van der Waals surface area contributed by atoms with Crippen molar-refractivity contribution in [2.75, 3.05) is 26.2 Å². The van der Waals surface area contributed by atoms with Gasteiger partial charge in [-0.3, -0.25) is 9.69 Å². The molecule has 1 amide bonds. The molecule has 0 N–H and O–H groups in total. The van der Waals surface area contributed by atoms with Gasteiger partial charge in [0.15, 0.2) is 15.8 Å². The molecule has 0 aromatic heterocycles. The fraction of sp³-hybridized carbons (Fsp3) is 0.238. The van der Waals surface area contributed by atoms with Crippen LogP contribution in [0.5, 0.6) is 17.2 Å². The Hall–Kier alpha value is -2.51. The van der Waals surface area contributed by atoms with Crippen LogP contribution in [0.4, 0.5) is 5.69 Å². The van der Waals surface area contributed by atoms with Gasteiger partial charge >= 0.3 is 0 Å².